The number of amides is 1. The Morgan fingerprint density at radius 3 is 2.84 bits per heavy atom. The van der Waals surface area contributed by atoms with Gasteiger partial charge in [0.25, 0.3) is 5.91 Å². The summed E-state index contributed by atoms with van der Waals surface area (Å²) in [7, 11) is 0. The zero-order valence-electron chi connectivity index (χ0n) is 14.3. The fourth-order valence-electron chi connectivity index (χ4n) is 4.39. The van der Waals surface area contributed by atoms with Gasteiger partial charge in [-0.1, -0.05) is 11.8 Å². The molecule has 136 valence electrons. The summed E-state index contributed by atoms with van der Waals surface area (Å²) in [4.78, 5) is 23.4. The van der Waals surface area contributed by atoms with Crippen molar-refractivity contribution in [2.45, 2.75) is 29.6 Å². The Labute approximate surface area is 151 Å². The van der Waals surface area contributed by atoms with Gasteiger partial charge in [-0.3, -0.25) is 4.79 Å². The van der Waals surface area contributed by atoms with Crippen molar-refractivity contribution < 1.29 is 19.4 Å². The van der Waals surface area contributed by atoms with Crippen LogP contribution in [0.4, 0.5) is 0 Å². The van der Waals surface area contributed by atoms with Gasteiger partial charge >= 0.3 is 0 Å². The average Bonchev–Trinajstić information content (AvgIpc) is 2.67. The van der Waals surface area contributed by atoms with E-state index in [1.807, 2.05) is 11.2 Å². The van der Waals surface area contributed by atoms with E-state index in [9.17, 15) is 9.90 Å². The molecule has 0 radical (unpaired) electrons. The van der Waals surface area contributed by atoms with Crippen LogP contribution >= 0.6 is 11.8 Å². The summed E-state index contributed by atoms with van der Waals surface area (Å²) in [5.74, 6) is -0.226. The molecule has 1 amide bonds. The molecule has 1 aromatic heterocycles. The number of likely N-dealkylation sites (tertiary alicyclic amines) is 1. The van der Waals surface area contributed by atoms with Gasteiger partial charge < -0.3 is 19.5 Å². The molecule has 0 aromatic carbocycles. The minimum absolute atomic E-state index is 0.0131. The highest BCUT2D eigenvalue weighted by atomic mass is 32.2. The van der Waals surface area contributed by atoms with Crippen LogP contribution in [0.3, 0.4) is 0 Å². The zero-order chi connectivity index (χ0) is 17.4. The Hall–Kier alpha value is -1.22. The Bertz CT molecular complexity index is 643. The number of ether oxygens (including phenoxy) is 2. The van der Waals surface area contributed by atoms with E-state index in [2.05, 4.69) is 9.97 Å². The fraction of sp³-hybridized carbons (Fsp3) is 0.706. The molecule has 3 aliphatic heterocycles. The molecule has 4 atom stereocenters. The van der Waals surface area contributed by atoms with Crippen molar-refractivity contribution in [3.63, 3.8) is 0 Å². The minimum atomic E-state index is -0.806. The maximum Gasteiger partial charge on any atom is 0.257 e. The number of aliphatic hydroxyl groups is 1. The highest BCUT2D eigenvalue weighted by molar-refractivity contribution is 7.98. The number of rotatable bonds is 2. The number of hydrogen-bond donors (Lipinski definition) is 1. The molecule has 3 aliphatic rings. The Morgan fingerprint density at radius 2 is 2.08 bits per heavy atom. The van der Waals surface area contributed by atoms with Gasteiger partial charge in [0, 0.05) is 56.5 Å². The Balaban J connectivity index is 1.62. The number of fused-ring (bicyclic) bond motifs is 3. The predicted octanol–water partition coefficient (Wildman–Crippen LogP) is 0.827. The van der Waals surface area contributed by atoms with Gasteiger partial charge in [-0.05, 0) is 12.7 Å². The molecular formula is C17H23N3O4S. The van der Waals surface area contributed by atoms with E-state index in [1.165, 1.54) is 11.8 Å². The second kappa shape index (κ2) is 6.83. The normalized spacial score (nSPS) is 35.0. The van der Waals surface area contributed by atoms with Gasteiger partial charge in [0.15, 0.2) is 5.16 Å². The molecule has 8 heteroatoms. The van der Waals surface area contributed by atoms with Crippen molar-refractivity contribution in [2.75, 3.05) is 39.2 Å². The minimum Gasteiger partial charge on any atom is -0.389 e. The quantitative estimate of drug-likeness (QED) is 0.614. The summed E-state index contributed by atoms with van der Waals surface area (Å²) in [5.41, 5.74) is -0.315. The summed E-state index contributed by atoms with van der Waals surface area (Å²) in [6.07, 6.45) is 6.44. The maximum absolute atomic E-state index is 13.1. The summed E-state index contributed by atoms with van der Waals surface area (Å²) in [6.45, 7) is 2.65. The van der Waals surface area contributed by atoms with E-state index in [1.54, 1.807) is 12.4 Å². The van der Waals surface area contributed by atoms with E-state index in [0.29, 0.717) is 50.1 Å². The molecular weight excluding hydrogens is 342 g/mol. The first-order chi connectivity index (χ1) is 12.1. The SMILES string of the molecule is CSc1ncc(C(=O)N2C[C@@H]3COCC[C@]3(O)[C@H]3COCC[C@H]32)cn1. The van der Waals surface area contributed by atoms with Crippen LogP contribution in [0.1, 0.15) is 23.2 Å². The number of thioether (sulfide) groups is 1. The van der Waals surface area contributed by atoms with Crippen LogP contribution in [0.5, 0.6) is 0 Å². The van der Waals surface area contributed by atoms with E-state index in [4.69, 9.17) is 9.47 Å². The average molecular weight is 365 g/mol. The predicted molar refractivity (Wildman–Crippen MR) is 91.4 cm³/mol. The third-order valence-electron chi connectivity index (χ3n) is 5.77. The van der Waals surface area contributed by atoms with Gasteiger partial charge in [-0.25, -0.2) is 9.97 Å². The lowest BCUT2D eigenvalue weighted by Crippen LogP contribution is -2.68. The molecule has 0 spiro atoms. The Morgan fingerprint density at radius 1 is 1.32 bits per heavy atom. The van der Waals surface area contributed by atoms with Gasteiger partial charge in [-0.2, -0.15) is 0 Å². The standard InChI is InChI=1S/C17H23N3O4S/c1-25-16-18-6-11(7-19-16)15(21)20-8-12-9-24-5-3-17(12,22)13-10-23-4-2-14(13)20/h6-7,12-14,22H,2-5,8-10H2,1H3/t12-,13+,14-,17-/m1/s1. The maximum atomic E-state index is 13.1. The van der Waals surface area contributed by atoms with Crippen molar-refractivity contribution in [2.24, 2.45) is 11.8 Å². The van der Waals surface area contributed by atoms with E-state index in [-0.39, 0.29) is 23.8 Å². The molecule has 3 saturated heterocycles. The van der Waals surface area contributed by atoms with Crippen LogP contribution in [-0.2, 0) is 9.47 Å². The van der Waals surface area contributed by atoms with Crippen molar-refractivity contribution in [3.8, 4) is 0 Å². The Kier molecular flexibility index (Phi) is 4.70. The van der Waals surface area contributed by atoms with Crippen molar-refractivity contribution in [3.05, 3.63) is 18.0 Å². The third kappa shape index (κ3) is 2.95. The summed E-state index contributed by atoms with van der Waals surface area (Å²) in [5, 5.41) is 11.9. The highest BCUT2D eigenvalue weighted by Gasteiger charge is 2.56. The monoisotopic (exact) mass is 365 g/mol. The highest BCUT2D eigenvalue weighted by Crippen LogP contribution is 2.44. The van der Waals surface area contributed by atoms with E-state index >= 15 is 0 Å². The summed E-state index contributed by atoms with van der Waals surface area (Å²) < 4.78 is 11.2. The second-order valence-electron chi connectivity index (χ2n) is 6.97. The number of piperidine rings is 1. The molecule has 7 nitrogen and oxygen atoms in total. The topological polar surface area (TPSA) is 84.8 Å². The molecule has 0 bridgehead atoms. The van der Waals surface area contributed by atoms with E-state index < -0.39 is 5.60 Å². The van der Waals surface area contributed by atoms with Gasteiger partial charge in [-0.15, -0.1) is 0 Å². The van der Waals surface area contributed by atoms with Crippen LogP contribution in [0, 0.1) is 11.8 Å². The molecule has 0 saturated carbocycles. The van der Waals surface area contributed by atoms with Crippen molar-refractivity contribution in [1.29, 1.82) is 0 Å². The van der Waals surface area contributed by atoms with Gasteiger partial charge in [0.05, 0.1) is 24.4 Å². The molecule has 25 heavy (non-hydrogen) atoms. The smallest absolute Gasteiger partial charge is 0.257 e. The number of nitrogens with zero attached hydrogens (tertiary/aromatic N) is 3. The first kappa shape index (κ1) is 17.2. The number of carbonyl (C=O) groups excluding carboxylic acids is 1. The largest absolute Gasteiger partial charge is 0.389 e. The molecule has 0 aliphatic carbocycles. The van der Waals surface area contributed by atoms with Crippen molar-refractivity contribution in [1.82, 2.24) is 14.9 Å². The first-order valence-electron chi connectivity index (χ1n) is 8.68. The van der Waals surface area contributed by atoms with E-state index in [0.717, 1.165) is 6.42 Å². The van der Waals surface area contributed by atoms with Crippen LogP contribution in [0.15, 0.2) is 17.6 Å². The lowest BCUT2D eigenvalue weighted by Gasteiger charge is -2.57. The van der Waals surface area contributed by atoms with Gasteiger partial charge in [0.2, 0.25) is 0 Å². The molecule has 3 fully saturated rings. The lowest BCUT2D eigenvalue weighted by atomic mass is 9.66. The van der Waals surface area contributed by atoms with Crippen LogP contribution in [0.2, 0.25) is 0 Å². The fourth-order valence-corrected chi connectivity index (χ4v) is 4.71. The lowest BCUT2D eigenvalue weighted by molar-refractivity contribution is -0.212. The molecule has 1 aromatic rings. The third-order valence-corrected chi connectivity index (χ3v) is 6.35. The zero-order valence-corrected chi connectivity index (χ0v) is 15.1. The van der Waals surface area contributed by atoms with Crippen LogP contribution in [0.25, 0.3) is 0 Å². The summed E-state index contributed by atoms with van der Waals surface area (Å²) in [6, 6.07) is -0.0131. The molecule has 1 N–H and O–H groups in total. The number of hydrogen-bond acceptors (Lipinski definition) is 7. The molecule has 0 unspecified atom stereocenters. The number of aromatic nitrogens is 2. The summed E-state index contributed by atoms with van der Waals surface area (Å²) >= 11 is 1.44. The van der Waals surface area contributed by atoms with Gasteiger partial charge in [0.1, 0.15) is 0 Å². The van der Waals surface area contributed by atoms with Crippen molar-refractivity contribution >= 4 is 17.7 Å². The second-order valence-corrected chi connectivity index (χ2v) is 7.74. The molecule has 4 heterocycles. The molecule has 4 rings (SSSR count). The first-order valence-corrected chi connectivity index (χ1v) is 9.91. The number of carbonyl (C=O) groups is 1. The van der Waals surface area contributed by atoms with Crippen LogP contribution in [-0.4, -0.2) is 76.8 Å². The van der Waals surface area contributed by atoms with Crippen LogP contribution < -0.4 is 0 Å².